The van der Waals surface area contributed by atoms with Crippen LogP contribution in [0.15, 0.2) is 55.1 Å². The number of ether oxygens (including phenoxy) is 2. The van der Waals surface area contributed by atoms with Crippen molar-refractivity contribution in [1.82, 2.24) is 0 Å². The Bertz CT molecular complexity index is 654. The van der Waals surface area contributed by atoms with Crippen LogP contribution in [0, 0.1) is 0 Å². The molecule has 2 aromatic rings. The van der Waals surface area contributed by atoms with Gasteiger partial charge in [0.1, 0.15) is 17.8 Å². The molecule has 2 rings (SSSR count). The predicted octanol–water partition coefficient (Wildman–Crippen LogP) is 3.48. The summed E-state index contributed by atoms with van der Waals surface area (Å²) in [4.78, 5) is 21.9. The van der Waals surface area contributed by atoms with Crippen LogP contribution in [-0.4, -0.2) is 19.4 Å². The van der Waals surface area contributed by atoms with Gasteiger partial charge in [0.2, 0.25) is 0 Å². The fourth-order valence-corrected chi connectivity index (χ4v) is 1.72. The SMILES string of the molecule is C=C(C(=O)OC)c1ccc(Oc2ccc(C=O)cc2)cc1. The third-order valence-electron chi connectivity index (χ3n) is 2.89. The molecule has 0 fully saturated rings. The molecule has 0 atom stereocenters. The van der Waals surface area contributed by atoms with Crippen molar-refractivity contribution in [3.05, 3.63) is 66.2 Å². The Labute approximate surface area is 122 Å². The van der Waals surface area contributed by atoms with Gasteiger partial charge in [0, 0.05) is 5.56 Å². The first-order chi connectivity index (χ1) is 10.1. The van der Waals surface area contributed by atoms with Crippen molar-refractivity contribution < 1.29 is 19.1 Å². The standard InChI is InChI=1S/C17H14O4/c1-12(17(19)20-2)14-5-9-16(10-6-14)21-15-7-3-13(11-18)4-8-15/h3-11H,1H2,2H3. The molecule has 0 aliphatic heterocycles. The van der Waals surface area contributed by atoms with Crippen molar-refractivity contribution in [1.29, 1.82) is 0 Å². The summed E-state index contributed by atoms with van der Waals surface area (Å²) in [5, 5.41) is 0. The molecule has 0 heterocycles. The van der Waals surface area contributed by atoms with E-state index in [4.69, 9.17) is 4.74 Å². The van der Waals surface area contributed by atoms with Crippen molar-refractivity contribution in [2.75, 3.05) is 7.11 Å². The zero-order valence-electron chi connectivity index (χ0n) is 11.5. The Morgan fingerprint density at radius 3 is 2.00 bits per heavy atom. The molecule has 0 aliphatic carbocycles. The topological polar surface area (TPSA) is 52.6 Å². The van der Waals surface area contributed by atoms with Gasteiger partial charge in [0.15, 0.2) is 0 Å². The summed E-state index contributed by atoms with van der Waals surface area (Å²) in [5.41, 5.74) is 1.55. The fourth-order valence-electron chi connectivity index (χ4n) is 1.72. The number of hydrogen-bond acceptors (Lipinski definition) is 4. The lowest BCUT2D eigenvalue weighted by atomic mass is 10.1. The number of esters is 1. The van der Waals surface area contributed by atoms with Crippen LogP contribution >= 0.6 is 0 Å². The molecule has 0 saturated heterocycles. The van der Waals surface area contributed by atoms with Crippen LogP contribution < -0.4 is 4.74 Å². The van der Waals surface area contributed by atoms with E-state index < -0.39 is 5.97 Å². The highest BCUT2D eigenvalue weighted by Crippen LogP contribution is 2.24. The normalized spacial score (nSPS) is 9.76. The van der Waals surface area contributed by atoms with Crippen LogP contribution in [0.5, 0.6) is 11.5 Å². The van der Waals surface area contributed by atoms with Crippen molar-refractivity contribution >= 4 is 17.8 Å². The van der Waals surface area contributed by atoms with Gasteiger partial charge in [0.05, 0.1) is 12.7 Å². The largest absolute Gasteiger partial charge is 0.465 e. The molecule has 0 unspecified atom stereocenters. The Kier molecular flexibility index (Phi) is 4.51. The zero-order chi connectivity index (χ0) is 15.2. The Morgan fingerprint density at radius 1 is 1.00 bits per heavy atom. The summed E-state index contributed by atoms with van der Waals surface area (Å²) < 4.78 is 10.3. The predicted molar refractivity (Wildman–Crippen MR) is 79.4 cm³/mol. The Hall–Kier alpha value is -2.88. The van der Waals surface area contributed by atoms with E-state index in [9.17, 15) is 9.59 Å². The summed E-state index contributed by atoms with van der Waals surface area (Å²) in [7, 11) is 1.31. The van der Waals surface area contributed by atoms with Crippen LogP contribution in [0.25, 0.3) is 5.57 Å². The highest BCUT2D eigenvalue weighted by molar-refractivity contribution is 6.15. The lowest BCUT2D eigenvalue weighted by Gasteiger charge is -2.07. The number of carbonyl (C=O) groups is 2. The van der Waals surface area contributed by atoms with Crippen LogP contribution in [0.2, 0.25) is 0 Å². The quantitative estimate of drug-likeness (QED) is 0.478. The van der Waals surface area contributed by atoms with Gasteiger partial charge in [0.25, 0.3) is 0 Å². The lowest BCUT2D eigenvalue weighted by molar-refractivity contribution is -0.133. The number of aldehydes is 1. The molecule has 2 aromatic carbocycles. The van der Waals surface area contributed by atoms with Crippen LogP contribution in [-0.2, 0) is 9.53 Å². The molecule has 0 spiro atoms. The first kappa shape index (κ1) is 14.5. The van der Waals surface area contributed by atoms with Gasteiger partial charge in [-0.2, -0.15) is 0 Å². The average molecular weight is 282 g/mol. The molecular formula is C17H14O4. The number of methoxy groups -OCH3 is 1. The monoisotopic (exact) mass is 282 g/mol. The van der Waals surface area contributed by atoms with E-state index >= 15 is 0 Å². The van der Waals surface area contributed by atoms with Crippen molar-refractivity contribution in [3.8, 4) is 11.5 Å². The van der Waals surface area contributed by atoms with Gasteiger partial charge in [-0.1, -0.05) is 18.7 Å². The van der Waals surface area contributed by atoms with Crippen LogP contribution in [0.4, 0.5) is 0 Å². The maximum Gasteiger partial charge on any atom is 0.337 e. The third kappa shape index (κ3) is 3.57. The minimum atomic E-state index is -0.465. The first-order valence-electron chi connectivity index (χ1n) is 6.25. The highest BCUT2D eigenvalue weighted by Gasteiger charge is 2.09. The van der Waals surface area contributed by atoms with Crippen LogP contribution in [0.3, 0.4) is 0 Å². The molecule has 0 bridgehead atoms. The van der Waals surface area contributed by atoms with Gasteiger partial charge < -0.3 is 9.47 Å². The second kappa shape index (κ2) is 6.52. The number of rotatable bonds is 5. The van der Waals surface area contributed by atoms with E-state index in [0.717, 1.165) is 6.29 Å². The highest BCUT2D eigenvalue weighted by atomic mass is 16.5. The lowest BCUT2D eigenvalue weighted by Crippen LogP contribution is -2.02. The molecule has 4 nitrogen and oxygen atoms in total. The minimum absolute atomic E-state index is 0.291. The van der Waals surface area contributed by atoms with Crippen LogP contribution in [0.1, 0.15) is 15.9 Å². The Balaban J connectivity index is 2.09. The summed E-state index contributed by atoms with van der Waals surface area (Å²) in [6.07, 6.45) is 0.775. The molecule has 0 radical (unpaired) electrons. The second-order valence-corrected chi connectivity index (χ2v) is 4.28. The van der Waals surface area contributed by atoms with E-state index in [-0.39, 0.29) is 0 Å². The molecule has 0 aromatic heterocycles. The summed E-state index contributed by atoms with van der Waals surface area (Å²) >= 11 is 0. The maximum atomic E-state index is 11.4. The Morgan fingerprint density at radius 2 is 1.52 bits per heavy atom. The van der Waals surface area contributed by atoms with Gasteiger partial charge >= 0.3 is 5.97 Å². The molecule has 21 heavy (non-hydrogen) atoms. The molecule has 0 saturated carbocycles. The molecule has 0 aliphatic rings. The van der Waals surface area contributed by atoms with Gasteiger partial charge in [-0.15, -0.1) is 0 Å². The van der Waals surface area contributed by atoms with E-state index in [1.807, 2.05) is 0 Å². The van der Waals surface area contributed by atoms with E-state index in [1.54, 1.807) is 48.5 Å². The number of carbonyl (C=O) groups excluding carboxylic acids is 2. The summed E-state index contributed by atoms with van der Waals surface area (Å²) in [6.45, 7) is 3.68. The van der Waals surface area contributed by atoms with Gasteiger partial charge in [-0.25, -0.2) is 4.79 Å². The average Bonchev–Trinajstić information content (AvgIpc) is 2.55. The first-order valence-corrected chi connectivity index (χ1v) is 6.25. The van der Waals surface area contributed by atoms with Gasteiger partial charge in [-0.3, -0.25) is 4.79 Å². The molecule has 106 valence electrons. The van der Waals surface area contributed by atoms with E-state index in [1.165, 1.54) is 7.11 Å². The smallest absolute Gasteiger partial charge is 0.337 e. The molecule has 0 N–H and O–H groups in total. The second-order valence-electron chi connectivity index (χ2n) is 4.28. The molecular weight excluding hydrogens is 268 g/mol. The van der Waals surface area contributed by atoms with Crippen molar-refractivity contribution in [2.24, 2.45) is 0 Å². The van der Waals surface area contributed by atoms with Gasteiger partial charge in [-0.05, 0) is 42.0 Å². The summed E-state index contributed by atoms with van der Waals surface area (Å²) in [5.74, 6) is 0.781. The number of benzene rings is 2. The fraction of sp³-hybridized carbons (Fsp3) is 0.0588. The third-order valence-corrected chi connectivity index (χ3v) is 2.89. The zero-order valence-corrected chi connectivity index (χ0v) is 11.5. The summed E-state index contributed by atoms with van der Waals surface area (Å²) in [6, 6.07) is 13.7. The van der Waals surface area contributed by atoms with Crippen molar-refractivity contribution in [2.45, 2.75) is 0 Å². The molecule has 4 heteroatoms. The minimum Gasteiger partial charge on any atom is -0.465 e. The maximum absolute atomic E-state index is 11.4. The van der Waals surface area contributed by atoms with E-state index in [2.05, 4.69) is 11.3 Å². The van der Waals surface area contributed by atoms with E-state index in [0.29, 0.717) is 28.2 Å². The van der Waals surface area contributed by atoms with Crippen molar-refractivity contribution in [3.63, 3.8) is 0 Å². The number of hydrogen-bond donors (Lipinski definition) is 0. The molecule has 0 amide bonds.